The van der Waals surface area contributed by atoms with E-state index in [4.69, 9.17) is 5.73 Å². The van der Waals surface area contributed by atoms with Gasteiger partial charge in [-0.3, -0.25) is 0 Å². The fourth-order valence-corrected chi connectivity index (χ4v) is 3.39. The molecular weight excluding hydrogens is 244 g/mol. The molecule has 1 aromatic rings. The van der Waals surface area contributed by atoms with Crippen LogP contribution >= 0.6 is 0 Å². The van der Waals surface area contributed by atoms with Crippen molar-refractivity contribution in [2.24, 2.45) is 11.7 Å². The van der Waals surface area contributed by atoms with Gasteiger partial charge in [-0.05, 0) is 63.6 Å². The Morgan fingerprint density at radius 3 is 2.30 bits per heavy atom. The molecule has 2 N–H and O–H groups in total. The summed E-state index contributed by atoms with van der Waals surface area (Å²) in [6.45, 7) is 6.37. The zero-order chi connectivity index (χ0) is 14.4. The zero-order valence-electron chi connectivity index (χ0n) is 13.1. The van der Waals surface area contributed by atoms with Crippen molar-refractivity contribution >= 4 is 5.69 Å². The number of nitrogens with two attached hydrogens (primary N) is 1. The monoisotopic (exact) mass is 274 g/mol. The number of rotatable bonds is 6. The van der Waals surface area contributed by atoms with Crippen molar-refractivity contribution < 1.29 is 0 Å². The smallest absolute Gasteiger partial charge is 0.0368 e. The van der Waals surface area contributed by atoms with Crippen molar-refractivity contribution in [3.8, 4) is 0 Å². The molecule has 2 heteroatoms. The van der Waals surface area contributed by atoms with Gasteiger partial charge in [0.25, 0.3) is 0 Å². The Morgan fingerprint density at radius 2 is 1.75 bits per heavy atom. The van der Waals surface area contributed by atoms with Crippen LogP contribution in [0.4, 0.5) is 5.69 Å². The van der Waals surface area contributed by atoms with Gasteiger partial charge in [0, 0.05) is 18.3 Å². The second kappa shape index (κ2) is 7.68. The lowest BCUT2D eigenvalue weighted by molar-refractivity contribution is 0.308. The lowest BCUT2D eigenvalue weighted by Gasteiger charge is -2.38. The van der Waals surface area contributed by atoms with Crippen LogP contribution in [0.15, 0.2) is 24.3 Å². The molecule has 112 valence electrons. The van der Waals surface area contributed by atoms with Gasteiger partial charge < -0.3 is 10.6 Å². The third kappa shape index (κ3) is 3.99. The summed E-state index contributed by atoms with van der Waals surface area (Å²) >= 11 is 0. The Morgan fingerprint density at radius 1 is 1.10 bits per heavy atom. The molecule has 2 rings (SSSR count). The van der Waals surface area contributed by atoms with Crippen LogP contribution in [0.2, 0.25) is 0 Å². The number of hydrogen-bond donors (Lipinski definition) is 1. The fraction of sp³-hybridized carbons (Fsp3) is 0.667. The van der Waals surface area contributed by atoms with Gasteiger partial charge in [0.15, 0.2) is 0 Å². The maximum absolute atomic E-state index is 5.73. The van der Waals surface area contributed by atoms with Gasteiger partial charge in [-0.15, -0.1) is 0 Å². The summed E-state index contributed by atoms with van der Waals surface area (Å²) in [5.74, 6) is 0.959. The highest BCUT2D eigenvalue weighted by Gasteiger charge is 2.25. The molecule has 20 heavy (non-hydrogen) atoms. The minimum absolute atomic E-state index is 0.715. The Balaban J connectivity index is 2.05. The van der Waals surface area contributed by atoms with E-state index in [0.717, 1.165) is 25.4 Å². The SMILES string of the molecule is CCC1CCC(N(CCCN)c2ccc(C)cc2)CC1. The fourth-order valence-electron chi connectivity index (χ4n) is 3.39. The predicted molar refractivity (Wildman–Crippen MR) is 88.2 cm³/mol. The first-order valence-corrected chi connectivity index (χ1v) is 8.28. The first-order valence-electron chi connectivity index (χ1n) is 8.28. The molecule has 0 atom stereocenters. The van der Waals surface area contributed by atoms with E-state index in [1.165, 1.54) is 43.4 Å². The maximum Gasteiger partial charge on any atom is 0.0368 e. The summed E-state index contributed by atoms with van der Waals surface area (Å²) < 4.78 is 0. The van der Waals surface area contributed by atoms with Crippen LogP contribution < -0.4 is 10.6 Å². The molecule has 0 radical (unpaired) electrons. The van der Waals surface area contributed by atoms with Crippen molar-refractivity contribution in [3.05, 3.63) is 29.8 Å². The van der Waals surface area contributed by atoms with Crippen molar-refractivity contribution in [2.45, 2.75) is 58.4 Å². The lowest BCUT2D eigenvalue weighted by Crippen LogP contribution is -2.39. The molecule has 2 nitrogen and oxygen atoms in total. The van der Waals surface area contributed by atoms with E-state index in [1.54, 1.807) is 0 Å². The van der Waals surface area contributed by atoms with Crippen LogP contribution in [-0.2, 0) is 0 Å². The van der Waals surface area contributed by atoms with Crippen LogP contribution in [-0.4, -0.2) is 19.1 Å². The predicted octanol–water partition coefficient (Wildman–Crippen LogP) is 4.12. The number of anilines is 1. The molecule has 0 heterocycles. The second-order valence-electron chi connectivity index (χ2n) is 6.25. The van der Waals surface area contributed by atoms with Gasteiger partial charge in [0.05, 0.1) is 0 Å². The first kappa shape index (κ1) is 15.4. The van der Waals surface area contributed by atoms with E-state index in [2.05, 4.69) is 43.0 Å². The molecule has 0 unspecified atom stereocenters. The summed E-state index contributed by atoms with van der Waals surface area (Å²) in [6.07, 6.45) is 7.91. The van der Waals surface area contributed by atoms with Crippen molar-refractivity contribution in [1.29, 1.82) is 0 Å². The van der Waals surface area contributed by atoms with Crippen LogP contribution in [0, 0.1) is 12.8 Å². The number of aryl methyl sites for hydroxylation is 1. The topological polar surface area (TPSA) is 29.3 Å². The van der Waals surface area contributed by atoms with E-state index >= 15 is 0 Å². The minimum atomic E-state index is 0.715. The molecule has 1 aromatic carbocycles. The standard InChI is InChI=1S/C18H30N2/c1-3-16-7-11-18(12-8-16)20(14-4-13-19)17-9-5-15(2)6-10-17/h5-6,9-10,16,18H,3-4,7-8,11-14,19H2,1-2H3. The molecule has 1 fully saturated rings. The van der Waals surface area contributed by atoms with Gasteiger partial charge in [-0.25, -0.2) is 0 Å². The van der Waals surface area contributed by atoms with E-state index in [0.29, 0.717) is 6.04 Å². The summed E-state index contributed by atoms with van der Waals surface area (Å²) in [6, 6.07) is 9.72. The molecule has 0 saturated heterocycles. The highest BCUT2D eigenvalue weighted by atomic mass is 15.2. The van der Waals surface area contributed by atoms with Crippen LogP contribution in [0.3, 0.4) is 0 Å². The lowest BCUT2D eigenvalue weighted by atomic mass is 9.83. The van der Waals surface area contributed by atoms with Crippen molar-refractivity contribution in [3.63, 3.8) is 0 Å². The van der Waals surface area contributed by atoms with E-state index in [1.807, 2.05) is 0 Å². The summed E-state index contributed by atoms with van der Waals surface area (Å²) in [5, 5.41) is 0. The average molecular weight is 274 g/mol. The van der Waals surface area contributed by atoms with Crippen LogP contribution in [0.5, 0.6) is 0 Å². The van der Waals surface area contributed by atoms with Crippen molar-refractivity contribution in [2.75, 3.05) is 18.0 Å². The number of hydrogen-bond acceptors (Lipinski definition) is 2. The van der Waals surface area contributed by atoms with Crippen LogP contribution in [0.1, 0.15) is 51.0 Å². The molecule has 1 aliphatic carbocycles. The summed E-state index contributed by atoms with van der Waals surface area (Å²) in [4.78, 5) is 2.61. The Hall–Kier alpha value is -1.02. The quantitative estimate of drug-likeness (QED) is 0.845. The third-order valence-electron chi connectivity index (χ3n) is 4.80. The molecule has 0 spiro atoms. The molecule has 1 saturated carbocycles. The zero-order valence-corrected chi connectivity index (χ0v) is 13.1. The molecule has 0 amide bonds. The highest BCUT2D eigenvalue weighted by Crippen LogP contribution is 2.32. The Bertz CT molecular complexity index is 377. The normalized spacial score (nSPS) is 22.8. The van der Waals surface area contributed by atoms with Gasteiger partial charge in [0.1, 0.15) is 0 Å². The van der Waals surface area contributed by atoms with Gasteiger partial charge in [-0.1, -0.05) is 31.0 Å². The molecule has 1 aliphatic rings. The first-order chi connectivity index (χ1) is 9.74. The summed E-state index contributed by atoms with van der Waals surface area (Å²) in [5.41, 5.74) is 8.44. The van der Waals surface area contributed by atoms with E-state index in [9.17, 15) is 0 Å². The molecule has 0 aliphatic heterocycles. The van der Waals surface area contributed by atoms with Crippen LogP contribution in [0.25, 0.3) is 0 Å². The molecular formula is C18H30N2. The van der Waals surface area contributed by atoms with Gasteiger partial charge in [0.2, 0.25) is 0 Å². The van der Waals surface area contributed by atoms with Gasteiger partial charge >= 0.3 is 0 Å². The highest BCUT2D eigenvalue weighted by molar-refractivity contribution is 5.48. The Labute approximate surface area is 124 Å². The average Bonchev–Trinajstić information content (AvgIpc) is 2.50. The number of nitrogens with zero attached hydrogens (tertiary/aromatic N) is 1. The summed E-state index contributed by atoms with van der Waals surface area (Å²) in [7, 11) is 0. The van der Waals surface area contributed by atoms with E-state index in [-0.39, 0.29) is 0 Å². The second-order valence-corrected chi connectivity index (χ2v) is 6.25. The number of benzene rings is 1. The molecule has 0 bridgehead atoms. The van der Waals surface area contributed by atoms with E-state index < -0.39 is 0 Å². The minimum Gasteiger partial charge on any atom is -0.369 e. The largest absolute Gasteiger partial charge is 0.369 e. The molecule has 0 aromatic heterocycles. The van der Waals surface area contributed by atoms with Gasteiger partial charge in [-0.2, -0.15) is 0 Å². The maximum atomic E-state index is 5.73. The Kier molecular flexibility index (Phi) is 5.90. The van der Waals surface area contributed by atoms with Crippen molar-refractivity contribution in [1.82, 2.24) is 0 Å². The third-order valence-corrected chi connectivity index (χ3v) is 4.80.